The van der Waals surface area contributed by atoms with Crippen LogP contribution in [0.5, 0.6) is 5.75 Å². The van der Waals surface area contributed by atoms with E-state index in [2.05, 4.69) is 57.8 Å². The summed E-state index contributed by atoms with van der Waals surface area (Å²) in [5.41, 5.74) is 2.25. The van der Waals surface area contributed by atoms with Crippen LogP contribution in [0, 0.1) is 6.92 Å². The van der Waals surface area contributed by atoms with Gasteiger partial charge < -0.3 is 19.9 Å². The van der Waals surface area contributed by atoms with Crippen molar-refractivity contribution in [3.05, 3.63) is 60.2 Å². The summed E-state index contributed by atoms with van der Waals surface area (Å²) in [7, 11) is 5.70. The molecule has 0 aliphatic carbocycles. The third-order valence-corrected chi connectivity index (χ3v) is 6.40. The van der Waals surface area contributed by atoms with Gasteiger partial charge in [-0.05, 0) is 55.3 Å². The van der Waals surface area contributed by atoms with Crippen LogP contribution < -0.4 is 19.9 Å². The number of hydrogen-bond donors (Lipinski definition) is 1. The fourth-order valence-electron chi connectivity index (χ4n) is 3.41. The zero-order valence-corrected chi connectivity index (χ0v) is 19.9. The van der Waals surface area contributed by atoms with Crippen LogP contribution in [0.1, 0.15) is 5.56 Å². The minimum Gasteiger partial charge on any atom is -0.497 e. The molecule has 0 atom stereocenters. The number of rotatable bonds is 7. The second-order valence-electron chi connectivity index (χ2n) is 7.98. The molecule has 0 spiro atoms. The summed E-state index contributed by atoms with van der Waals surface area (Å²) >= 11 is 1.78. The van der Waals surface area contributed by atoms with E-state index < -0.39 is 0 Å². The summed E-state index contributed by atoms with van der Waals surface area (Å²) in [6.45, 7) is 5.72. The van der Waals surface area contributed by atoms with E-state index in [0.717, 1.165) is 55.2 Å². The number of nitrogens with zero attached hydrogens (tertiary/aromatic N) is 5. The smallest absolute Gasteiger partial charge is 0.229 e. The zero-order chi connectivity index (χ0) is 22.5. The molecule has 1 aromatic heterocycles. The molecule has 1 aliphatic heterocycles. The summed E-state index contributed by atoms with van der Waals surface area (Å²) in [5.74, 6) is 3.34. The van der Waals surface area contributed by atoms with Crippen molar-refractivity contribution >= 4 is 35.2 Å². The molecule has 2 aromatic carbocycles. The summed E-state index contributed by atoms with van der Waals surface area (Å²) in [6, 6.07) is 18.5. The standard InChI is InChI=1S/C24H30N6OS/c1-18-5-7-19(8-6-18)25-22-17-23(28(2)3)27-24(26-22)29-13-15-30(16-14-29)32-21-11-9-20(31-4)10-12-21/h5-12,17H,13-16H2,1-4H3,(H,25,26,27). The molecule has 1 saturated heterocycles. The highest BCUT2D eigenvalue weighted by atomic mass is 32.2. The molecule has 0 radical (unpaired) electrons. The topological polar surface area (TPSA) is 56.8 Å². The highest BCUT2D eigenvalue weighted by Crippen LogP contribution is 2.28. The van der Waals surface area contributed by atoms with E-state index >= 15 is 0 Å². The largest absolute Gasteiger partial charge is 0.497 e. The number of ether oxygens (including phenoxy) is 1. The van der Waals surface area contributed by atoms with Gasteiger partial charge in [0, 0.05) is 56.9 Å². The van der Waals surface area contributed by atoms with Crippen LogP contribution in [0.15, 0.2) is 59.5 Å². The molecule has 0 bridgehead atoms. The molecule has 0 unspecified atom stereocenters. The van der Waals surface area contributed by atoms with E-state index in [0.29, 0.717) is 0 Å². The second kappa shape index (κ2) is 10.1. The van der Waals surface area contributed by atoms with Crippen molar-refractivity contribution in [1.29, 1.82) is 0 Å². The van der Waals surface area contributed by atoms with Crippen molar-refractivity contribution in [3.63, 3.8) is 0 Å². The van der Waals surface area contributed by atoms with Crippen LogP contribution in [0.2, 0.25) is 0 Å². The van der Waals surface area contributed by atoms with Crippen molar-refractivity contribution in [2.24, 2.45) is 0 Å². The molecule has 2 heterocycles. The van der Waals surface area contributed by atoms with Gasteiger partial charge in [0.25, 0.3) is 0 Å². The monoisotopic (exact) mass is 450 g/mol. The lowest BCUT2D eigenvalue weighted by atomic mass is 10.2. The lowest BCUT2D eigenvalue weighted by molar-refractivity contribution is 0.414. The van der Waals surface area contributed by atoms with E-state index in [1.165, 1.54) is 10.5 Å². The predicted octanol–water partition coefficient (Wildman–Crippen LogP) is 4.43. The van der Waals surface area contributed by atoms with E-state index in [1.807, 2.05) is 37.2 Å². The Bertz CT molecular complexity index is 1020. The maximum absolute atomic E-state index is 5.25. The van der Waals surface area contributed by atoms with E-state index in [9.17, 15) is 0 Å². The number of anilines is 4. The fraction of sp³-hybridized carbons (Fsp3) is 0.333. The highest BCUT2D eigenvalue weighted by Gasteiger charge is 2.21. The van der Waals surface area contributed by atoms with Gasteiger partial charge in [0.2, 0.25) is 5.95 Å². The Morgan fingerprint density at radius 3 is 2.25 bits per heavy atom. The lowest BCUT2D eigenvalue weighted by Gasteiger charge is -2.34. The number of piperazine rings is 1. The summed E-state index contributed by atoms with van der Waals surface area (Å²) in [5, 5.41) is 3.43. The normalized spacial score (nSPS) is 14.3. The van der Waals surface area contributed by atoms with Crippen molar-refractivity contribution in [2.45, 2.75) is 11.8 Å². The molecule has 1 aliphatic rings. The van der Waals surface area contributed by atoms with Gasteiger partial charge in [0.15, 0.2) is 0 Å². The fourth-order valence-corrected chi connectivity index (χ4v) is 4.31. The van der Waals surface area contributed by atoms with Crippen LogP contribution in [-0.2, 0) is 0 Å². The van der Waals surface area contributed by atoms with Gasteiger partial charge in [0.05, 0.1) is 7.11 Å². The van der Waals surface area contributed by atoms with Crippen LogP contribution in [0.4, 0.5) is 23.3 Å². The minimum absolute atomic E-state index is 0.764. The van der Waals surface area contributed by atoms with Crippen LogP contribution in [-0.4, -0.2) is 61.7 Å². The third kappa shape index (κ3) is 5.63. The maximum Gasteiger partial charge on any atom is 0.229 e. The SMILES string of the molecule is COc1ccc(SN2CCN(c3nc(Nc4ccc(C)cc4)cc(N(C)C)n3)CC2)cc1. The van der Waals surface area contributed by atoms with Gasteiger partial charge in [-0.1, -0.05) is 17.7 Å². The first-order valence-electron chi connectivity index (χ1n) is 10.7. The Morgan fingerprint density at radius 1 is 0.938 bits per heavy atom. The minimum atomic E-state index is 0.764. The summed E-state index contributed by atoms with van der Waals surface area (Å²) in [6.07, 6.45) is 0. The number of aryl methyl sites for hydroxylation is 1. The second-order valence-corrected chi connectivity index (χ2v) is 9.15. The Morgan fingerprint density at radius 2 is 1.62 bits per heavy atom. The van der Waals surface area contributed by atoms with Gasteiger partial charge in [-0.2, -0.15) is 9.97 Å². The van der Waals surface area contributed by atoms with Gasteiger partial charge in [-0.25, -0.2) is 4.31 Å². The number of aromatic nitrogens is 2. The number of benzene rings is 2. The molecule has 168 valence electrons. The molecule has 8 heteroatoms. The first-order valence-corrected chi connectivity index (χ1v) is 11.5. The Kier molecular flexibility index (Phi) is 7.02. The number of methoxy groups -OCH3 is 1. The van der Waals surface area contributed by atoms with Crippen molar-refractivity contribution in [2.75, 3.05) is 62.5 Å². The van der Waals surface area contributed by atoms with E-state index in [-0.39, 0.29) is 0 Å². The zero-order valence-electron chi connectivity index (χ0n) is 19.1. The van der Waals surface area contributed by atoms with Gasteiger partial charge in [0.1, 0.15) is 17.4 Å². The number of hydrogen-bond acceptors (Lipinski definition) is 8. The summed E-state index contributed by atoms with van der Waals surface area (Å²) < 4.78 is 7.64. The van der Waals surface area contributed by atoms with Gasteiger partial charge in [-0.3, -0.25) is 0 Å². The first kappa shape index (κ1) is 22.2. The molecule has 4 rings (SSSR count). The number of nitrogens with one attached hydrogen (secondary N) is 1. The highest BCUT2D eigenvalue weighted by molar-refractivity contribution is 7.97. The molecule has 0 saturated carbocycles. The van der Waals surface area contributed by atoms with Crippen LogP contribution in [0.25, 0.3) is 0 Å². The Hall–Kier alpha value is -2.97. The van der Waals surface area contributed by atoms with Crippen molar-refractivity contribution in [3.8, 4) is 5.75 Å². The third-order valence-electron chi connectivity index (χ3n) is 5.30. The van der Waals surface area contributed by atoms with Crippen LogP contribution >= 0.6 is 11.9 Å². The van der Waals surface area contributed by atoms with Crippen molar-refractivity contribution in [1.82, 2.24) is 14.3 Å². The van der Waals surface area contributed by atoms with Crippen molar-refractivity contribution < 1.29 is 4.74 Å². The Labute approximate surface area is 194 Å². The molecule has 7 nitrogen and oxygen atoms in total. The molecule has 0 amide bonds. The quantitative estimate of drug-likeness (QED) is 0.531. The van der Waals surface area contributed by atoms with Crippen LogP contribution in [0.3, 0.4) is 0 Å². The van der Waals surface area contributed by atoms with E-state index in [4.69, 9.17) is 14.7 Å². The molecule has 32 heavy (non-hydrogen) atoms. The Balaban J connectivity index is 1.43. The van der Waals surface area contributed by atoms with Gasteiger partial charge >= 0.3 is 0 Å². The first-order chi connectivity index (χ1) is 15.5. The molecule has 1 N–H and O–H groups in total. The molecular weight excluding hydrogens is 420 g/mol. The lowest BCUT2D eigenvalue weighted by Crippen LogP contribution is -2.44. The average molecular weight is 451 g/mol. The average Bonchev–Trinajstić information content (AvgIpc) is 2.81. The maximum atomic E-state index is 5.25. The predicted molar refractivity (Wildman–Crippen MR) is 133 cm³/mol. The van der Waals surface area contributed by atoms with Gasteiger partial charge in [-0.15, -0.1) is 0 Å². The molecule has 3 aromatic rings. The summed E-state index contributed by atoms with van der Waals surface area (Å²) in [4.78, 5) is 15.1. The molecular formula is C24H30N6OS. The van der Waals surface area contributed by atoms with E-state index in [1.54, 1.807) is 19.1 Å². The molecule has 1 fully saturated rings.